The second-order valence-corrected chi connectivity index (χ2v) is 7.20. The molecule has 1 rings (SSSR count). The number of amides is 4. The zero-order valence-corrected chi connectivity index (χ0v) is 18.2. The Bertz CT molecular complexity index is 681. The van der Waals surface area contributed by atoms with Crippen LogP contribution in [0.5, 0.6) is 0 Å². The largest absolute Gasteiger partial charge is 0.354 e. The van der Waals surface area contributed by atoms with Crippen LogP contribution in [-0.4, -0.2) is 53.8 Å². The third-order valence-corrected chi connectivity index (χ3v) is 4.57. The van der Waals surface area contributed by atoms with Crippen LogP contribution < -0.4 is 21.3 Å². The highest BCUT2D eigenvalue weighted by molar-refractivity contribution is 5.98. The lowest BCUT2D eigenvalue weighted by Gasteiger charge is -2.12. The lowest BCUT2D eigenvalue weighted by atomic mass is 10.2. The lowest BCUT2D eigenvalue weighted by molar-refractivity contribution is -0.122. The molecule has 166 valence electrons. The van der Waals surface area contributed by atoms with Crippen LogP contribution in [0.15, 0.2) is 18.3 Å². The Morgan fingerprint density at radius 2 is 1.37 bits per heavy atom. The Morgan fingerprint density at radius 1 is 0.867 bits per heavy atom. The van der Waals surface area contributed by atoms with E-state index in [2.05, 4.69) is 26.3 Å². The average Bonchev–Trinajstić information content (AvgIpc) is 2.73. The van der Waals surface area contributed by atoms with Gasteiger partial charge in [-0.15, -0.1) is 0 Å². The minimum Gasteiger partial charge on any atom is -0.354 e. The quantitative estimate of drug-likeness (QED) is 0.404. The number of nitrogens with zero attached hydrogens (tertiary/aromatic N) is 1. The number of aromatic nitrogens is 1. The highest BCUT2D eigenvalue weighted by Gasteiger charge is 2.13. The van der Waals surface area contributed by atoms with E-state index in [1.54, 1.807) is 0 Å². The minimum absolute atomic E-state index is 0.0829. The molecule has 0 spiro atoms. The van der Waals surface area contributed by atoms with E-state index in [9.17, 15) is 19.2 Å². The van der Waals surface area contributed by atoms with Gasteiger partial charge in [0.25, 0.3) is 11.8 Å². The van der Waals surface area contributed by atoms with Crippen molar-refractivity contribution in [3.8, 4) is 0 Å². The standard InChI is InChI=1S/C21H33N5O4/c1-5-14(3)25-18(27)8-11-23-20(29)16-7-10-22-17(13-16)21(30)24-12-9-19(28)26-15(4)6-2/h7,10,13-15H,5-6,8-9,11-12H2,1-4H3,(H,23,29)(H,24,30)(H,25,27)(H,26,28)/t14-,15-/m1/s1. The van der Waals surface area contributed by atoms with Crippen LogP contribution >= 0.6 is 0 Å². The van der Waals surface area contributed by atoms with Gasteiger partial charge in [0.05, 0.1) is 0 Å². The van der Waals surface area contributed by atoms with Gasteiger partial charge in [-0.2, -0.15) is 0 Å². The number of hydrogen-bond acceptors (Lipinski definition) is 5. The van der Waals surface area contributed by atoms with E-state index >= 15 is 0 Å². The summed E-state index contributed by atoms with van der Waals surface area (Å²) in [6.45, 7) is 8.14. The molecule has 4 N–H and O–H groups in total. The molecule has 0 saturated heterocycles. The van der Waals surface area contributed by atoms with Crippen molar-refractivity contribution in [2.24, 2.45) is 0 Å². The van der Waals surface area contributed by atoms with Crippen LogP contribution in [0.25, 0.3) is 0 Å². The second-order valence-electron chi connectivity index (χ2n) is 7.20. The number of hydrogen-bond donors (Lipinski definition) is 4. The molecule has 0 radical (unpaired) electrons. The van der Waals surface area contributed by atoms with Crippen molar-refractivity contribution in [3.05, 3.63) is 29.6 Å². The Hall–Kier alpha value is -2.97. The first-order valence-corrected chi connectivity index (χ1v) is 10.4. The zero-order chi connectivity index (χ0) is 22.5. The highest BCUT2D eigenvalue weighted by Crippen LogP contribution is 2.02. The van der Waals surface area contributed by atoms with Gasteiger partial charge in [-0.3, -0.25) is 24.2 Å². The molecule has 0 saturated carbocycles. The van der Waals surface area contributed by atoms with Crippen LogP contribution in [0.2, 0.25) is 0 Å². The average molecular weight is 420 g/mol. The van der Waals surface area contributed by atoms with Crippen molar-refractivity contribution in [3.63, 3.8) is 0 Å². The van der Waals surface area contributed by atoms with Crippen molar-refractivity contribution < 1.29 is 19.2 Å². The Labute approximate surface area is 177 Å². The number of pyridine rings is 1. The van der Waals surface area contributed by atoms with E-state index in [1.807, 2.05) is 27.7 Å². The first-order chi connectivity index (χ1) is 14.3. The van der Waals surface area contributed by atoms with Crippen molar-refractivity contribution in [2.75, 3.05) is 13.1 Å². The van der Waals surface area contributed by atoms with E-state index in [0.717, 1.165) is 12.8 Å². The van der Waals surface area contributed by atoms with Crippen LogP contribution in [0, 0.1) is 0 Å². The van der Waals surface area contributed by atoms with E-state index in [1.165, 1.54) is 18.3 Å². The lowest BCUT2D eigenvalue weighted by Crippen LogP contribution is -2.35. The fourth-order valence-electron chi connectivity index (χ4n) is 2.37. The van der Waals surface area contributed by atoms with Crippen molar-refractivity contribution in [2.45, 2.75) is 65.5 Å². The fraction of sp³-hybridized carbons (Fsp3) is 0.571. The third-order valence-electron chi connectivity index (χ3n) is 4.57. The first-order valence-electron chi connectivity index (χ1n) is 10.4. The van der Waals surface area contributed by atoms with Gasteiger partial charge < -0.3 is 21.3 Å². The minimum atomic E-state index is -0.464. The van der Waals surface area contributed by atoms with Crippen molar-refractivity contribution in [1.29, 1.82) is 0 Å². The number of nitrogens with one attached hydrogen (secondary N) is 4. The Kier molecular flexibility index (Phi) is 11.1. The fourth-order valence-corrected chi connectivity index (χ4v) is 2.37. The predicted molar refractivity (Wildman–Crippen MR) is 114 cm³/mol. The molecular weight excluding hydrogens is 386 g/mol. The maximum absolute atomic E-state index is 12.3. The molecule has 0 aliphatic rings. The molecule has 0 bridgehead atoms. The normalized spacial score (nSPS) is 12.4. The summed E-state index contributed by atoms with van der Waals surface area (Å²) in [5.74, 6) is -1.12. The summed E-state index contributed by atoms with van der Waals surface area (Å²) < 4.78 is 0. The molecule has 2 atom stereocenters. The van der Waals surface area contributed by atoms with Crippen LogP contribution in [0.3, 0.4) is 0 Å². The predicted octanol–water partition coefficient (Wildman–Crippen LogP) is 1.15. The number of carbonyl (C=O) groups is 4. The molecule has 30 heavy (non-hydrogen) atoms. The molecule has 0 fully saturated rings. The van der Waals surface area contributed by atoms with Gasteiger partial charge in [0.2, 0.25) is 11.8 Å². The molecular formula is C21H33N5O4. The summed E-state index contributed by atoms with van der Waals surface area (Å²) in [7, 11) is 0. The highest BCUT2D eigenvalue weighted by atomic mass is 16.2. The molecule has 0 aliphatic heterocycles. The molecule has 1 heterocycles. The van der Waals surface area contributed by atoms with Crippen LogP contribution in [-0.2, 0) is 9.59 Å². The first kappa shape index (κ1) is 25.1. The van der Waals surface area contributed by atoms with Gasteiger partial charge in [-0.05, 0) is 38.8 Å². The Balaban J connectivity index is 2.47. The summed E-state index contributed by atoms with van der Waals surface area (Å²) in [6, 6.07) is 3.05. The monoisotopic (exact) mass is 419 g/mol. The van der Waals surface area contributed by atoms with E-state index in [-0.39, 0.29) is 61.1 Å². The van der Waals surface area contributed by atoms with Gasteiger partial charge >= 0.3 is 0 Å². The summed E-state index contributed by atoms with van der Waals surface area (Å²) in [5.41, 5.74) is 0.353. The van der Waals surface area contributed by atoms with Gasteiger partial charge in [0.15, 0.2) is 0 Å². The molecule has 1 aromatic heterocycles. The molecule has 0 aromatic carbocycles. The SMILES string of the molecule is CC[C@@H](C)NC(=O)CCNC(=O)c1ccnc(C(=O)NCCC(=O)N[C@H](C)CC)c1. The molecule has 0 unspecified atom stereocenters. The molecule has 4 amide bonds. The van der Waals surface area contributed by atoms with Gasteiger partial charge in [0.1, 0.15) is 5.69 Å². The molecule has 9 nitrogen and oxygen atoms in total. The smallest absolute Gasteiger partial charge is 0.269 e. The van der Waals surface area contributed by atoms with Gasteiger partial charge in [-0.1, -0.05) is 13.8 Å². The maximum Gasteiger partial charge on any atom is 0.269 e. The number of carbonyl (C=O) groups excluding carboxylic acids is 4. The number of rotatable bonds is 12. The zero-order valence-electron chi connectivity index (χ0n) is 18.2. The van der Waals surface area contributed by atoms with Crippen LogP contribution in [0.1, 0.15) is 74.2 Å². The van der Waals surface area contributed by atoms with E-state index in [0.29, 0.717) is 0 Å². The van der Waals surface area contributed by atoms with E-state index < -0.39 is 11.8 Å². The molecule has 9 heteroatoms. The third kappa shape index (κ3) is 9.49. The summed E-state index contributed by atoms with van der Waals surface area (Å²) in [5, 5.41) is 10.9. The summed E-state index contributed by atoms with van der Waals surface area (Å²) in [6.07, 6.45) is 3.37. The Morgan fingerprint density at radius 3 is 1.87 bits per heavy atom. The van der Waals surface area contributed by atoms with Crippen molar-refractivity contribution >= 4 is 23.6 Å². The maximum atomic E-state index is 12.3. The van der Waals surface area contributed by atoms with Crippen molar-refractivity contribution in [1.82, 2.24) is 26.3 Å². The topological polar surface area (TPSA) is 129 Å². The summed E-state index contributed by atoms with van der Waals surface area (Å²) >= 11 is 0. The molecule has 1 aromatic rings. The summed E-state index contributed by atoms with van der Waals surface area (Å²) in [4.78, 5) is 51.9. The van der Waals surface area contributed by atoms with Crippen LogP contribution in [0.4, 0.5) is 0 Å². The molecule has 0 aliphatic carbocycles. The van der Waals surface area contributed by atoms with Gasteiger partial charge in [0, 0.05) is 49.8 Å². The van der Waals surface area contributed by atoms with E-state index in [4.69, 9.17) is 0 Å². The van der Waals surface area contributed by atoms with Gasteiger partial charge in [-0.25, -0.2) is 0 Å². The second kappa shape index (κ2) is 13.3.